The van der Waals surface area contributed by atoms with Crippen LogP contribution in [0.5, 0.6) is 0 Å². The van der Waals surface area contributed by atoms with Gasteiger partial charge in [-0.3, -0.25) is 9.59 Å². The summed E-state index contributed by atoms with van der Waals surface area (Å²) in [5, 5.41) is 11.2. The summed E-state index contributed by atoms with van der Waals surface area (Å²) in [6, 6.07) is 12.3. The first-order valence-electron chi connectivity index (χ1n) is 7.51. The third-order valence-corrected chi connectivity index (χ3v) is 4.55. The zero-order valence-corrected chi connectivity index (χ0v) is 14.6. The SMILES string of the molecule is N#Cc1cccc(NC(=O)COC(=O)CNS(=O)(=O)c2cccc(F)c2)c1. The van der Waals surface area contributed by atoms with E-state index in [9.17, 15) is 22.4 Å². The highest BCUT2D eigenvalue weighted by molar-refractivity contribution is 7.89. The van der Waals surface area contributed by atoms with Gasteiger partial charge < -0.3 is 10.1 Å². The second kappa shape index (κ2) is 8.88. The Hall–Kier alpha value is -3.29. The van der Waals surface area contributed by atoms with Gasteiger partial charge in [-0.05, 0) is 36.4 Å². The highest BCUT2D eigenvalue weighted by Gasteiger charge is 2.17. The first-order valence-corrected chi connectivity index (χ1v) is 8.99. The Morgan fingerprint density at radius 2 is 1.89 bits per heavy atom. The molecule has 2 aromatic carbocycles. The van der Waals surface area contributed by atoms with Crippen LogP contribution in [-0.4, -0.2) is 33.4 Å². The zero-order chi connectivity index (χ0) is 19.9. The number of nitrogens with one attached hydrogen (secondary N) is 2. The zero-order valence-electron chi connectivity index (χ0n) is 13.8. The van der Waals surface area contributed by atoms with Crippen molar-refractivity contribution in [2.24, 2.45) is 0 Å². The number of rotatable bonds is 7. The molecule has 0 aliphatic heterocycles. The molecule has 0 aromatic heterocycles. The third kappa shape index (κ3) is 6.18. The molecule has 1 amide bonds. The highest BCUT2D eigenvalue weighted by Crippen LogP contribution is 2.10. The van der Waals surface area contributed by atoms with Crippen molar-refractivity contribution in [2.45, 2.75) is 4.90 Å². The number of carbonyl (C=O) groups excluding carboxylic acids is 2. The van der Waals surface area contributed by atoms with E-state index in [0.717, 1.165) is 12.1 Å². The van der Waals surface area contributed by atoms with Crippen molar-refractivity contribution >= 4 is 27.6 Å². The lowest BCUT2D eigenvalue weighted by molar-refractivity contribution is -0.146. The molecule has 2 aromatic rings. The Balaban J connectivity index is 1.82. The molecule has 0 saturated carbocycles. The molecule has 0 heterocycles. The van der Waals surface area contributed by atoms with Gasteiger partial charge in [-0.15, -0.1) is 0 Å². The van der Waals surface area contributed by atoms with E-state index < -0.39 is 40.9 Å². The van der Waals surface area contributed by atoms with Crippen molar-refractivity contribution < 1.29 is 27.1 Å². The summed E-state index contributed by atoms with van der Waals surface area (Å²) in [7, 11) is -4.09. The van der Waals surface area contributed by atoms with Crippen LogP contribution in [0.3, 0.4) is 0 Å². The van der Waals surface area contributed by atoms with Crippen LogP contribution in [0.4, 0.5) is 10.1 Å². The van der Waals surface area contributed by atoms with Gasteiger partial charge in [0.25, 0.3) is 5.91 Å². The quantitative estimate of drug-likeness (QED) is 0.682. The average molecular weight is 391 g/mol. The van der Waals surface area contributed by atoms with E-state index in [-0.39, 0.29) is 4.90 Å². The van der Waals surface area contributed by atoms with E-state index in [1.165, 1.54) is 18.2 Å². The molecular weight excluding hydrogens is 377 g/mol. The molecule has 0 atom stereocenters. The Bertz CT molecular complexity index is 1000. The number of benzene rings is 2. The Kier molecular flexibility index (Phi) is 6.59. The fourth-order valence-corrected chi connectivity index (χ4v) is 2.93. The number of esters is 1. The van der Waals surface area contributed by atoms with Crippen LogP contribution in [0.15, 0.2) is 53.4 Å². The maximum atomic E-state index is 13.1. The van der Waals surface area contributed by atoms with Crippen LogP contribution in [-0.2, 0) is 24.3 Å². The molecular formula is C17H14FN3O5S. The molecule has 140 valence electrons. The van der Waals surface area contributed by atoms with Crippen LogP contribution in [0, 0.1) is 17.1 Å². The topological polar surface area (TPSA) is 125 Å². The fraction of sp³-hybridized carbons (Fsp3) is 0.118. The van der Waals surface area contributed by atoms with E-state index >= 15 is 0 Å². The molecule has 0 bridgehead atoms. The Labute approximate surface area is 154 Å². The van der Waals surface area contributed by atoms with Crippen molar-refractivity contribution in [2.75, 3.05) is 18.5 Å². The first kappa shape index (κ1) is 20.0. The molecule has 0 saturated heterocycles. The molecule has 8 nitrogen and oxygen atoms in total. The minimum Gasteiger partial charge on any atom is -0.455 e. The summed E-state index contributed by atoms with van der Waals surface area (Å²) in [5.41, 5.74) is 0.693. The molecule has 2 rings (SSSR count). The maximum absolute atomic E-state index is 13.1. The third-order valence-electron chi connectivity index (χ3n) is 3.15. The van der Waals surface area contributed by atoms with Gasteiger partial charge in [-0.2, -0.15) is 9.98 Å². The number of hydrogen-bond donors (Lipinski definition) is 2. The number of nitrogens with zero attached hydrogens (tertiary/aromatic N) is 1. The number of halogens is 1. The monoisotopic (exact) mass is 391 g/mol. The fourth-order valence-electron chi connectivity index (χ4n) is 1.93. The number of hydrogen-bond acceptors (Lipinski definition) is 6. The standard InChI is InChI=1S/C17H14FN3O5S/c18-13-4-2-6-15(8-13)27(24,25)20-10-17(23)26-11-16(22)21-14-5-1-3-12(7-14)9-19/h1-8,20H,10-11H2,(H,21,22). The molecule has 27 heavy (non-hydrogen) atoms. The number of nitriles is 1. The molecule has 0 aliphatic rings. The molecule has 0 unspecified atom stereocenters. The number of sulfonamides is 1. The van der Waals surface area contributed by atoms with Gasteiger partial charge >= 0.3 is 5.97 Å². The summed E-state index contributed by atoms with van der Waals surface area (Å²) in [6.45, 7) is -1.37. The Morgan fingerprint density at radius 3 is 2.59 bits per heavy atom. The van der Waals surface area contributed by atoms with Crippen molar-refractivity contribution in [1.29, 1.82) is 5.26 Å². The number of amides is 1. The van der Waals surface area contributed by atoms with Crippen LogP contribution < -0.4 is 10.0 Å². The number of carbonyl (C=O) groups is 2. The van der Waals surface area contributed by atoms with Gasteiger partial charge in [0.15, 0.2) is 6.61 Å². The van der Waals surface area contributed by atoms with E-state index in [4.69, 9.17) is 5.26 Å². The highest BCUT2D eigenvalue weighted by atomic mass is 32.2. The minimum atomic E-state index is -4.09. The normalized spacial score (nSPS) is 10.7. The van der Waals surface area contributed by atoms with Crippen molar-refractivity contribution in [1.82, 2.24) is 4.72 Å². The van der Waals surface area contributed by atoms with Gasteiger partial charge in [0, 0.05) is 5.69 Å². The van der Waals surface area contributed by atoms with Gasteiger partial charge in [0.1, 0.15) is 12.4 Å². The predicted octanol–water partition coefficient (Wildman–Crippen LogP) is 1.16. The van der Waals surface area contributed by atoms with Gasteiger partial charge in [-0.1, -0.05) is 12.1 Å². The smallest absolute Gasteiger partial charge is 0.321 e. The van der Waals surface area contributed by atoms with Crippen LogP contribution >= 0.6 is 0 Å². The summed E-state index contributed by atoms with van der Waals surface area (Å²) in [4.78, 5) is 23.0. The van der Waals surface area contributed by atoms with Crippen LogP contribution in [0.2, 0.25) is 0 Å². The largest absolute Gasteiger partial charge is 0.455 e. The first-order chi connectivity index (χ1) is 12.8. The van der Waals surface area contributed by atoms with Crippen molar-refractivity contribution in [3.05, 3.63) is 59.9 Å². The van der Waals surface area contributed by atoms with E-state index in [1.807, 2.05) is 10.8 Å². The van der Waals surface area contributed by atoms with Gasteiger partial charge in [0.05, 0.1) is 16.5 Å². The summed E-state index contributed by atoms with van der Waals surface area (Å²) < 4.78 is 43.6. The lowest BCUT2D eigenvalue weighted by Gasteiger charge is -2.08. The molecule has 0 aliphatic carbocycles. The molecule has 2 N–H and O–H groups in total. The number of ether oxygens (including phenoxy) is 1. The Morgan fingerprint density at radius 1 is 1.15 bits per heavy atom. The van der Waals surface area contributed by atoms with Crippen molar-refractivity contribution in [3.8, 4) is 6.07 Å². The summed E-state index contributed by atoms with van der Waals surface area (Å²) in [5.74, 6) is -2.39. The summed E-state index contributed by atoms with van der Waals surface area (Å²) >= 11 is 0. The molecule has 0 fully saturated rings. The van der Waals surface area contributed by atoms with E-state index in [2.05, 4.69) is 10.1 Å². The van der Waals surface area contributed by atoms with Crippen molar-refractivity contribution in [3.63, 3.8) is 0 Å². The minimum absolute atomic E-state index is 0.342. The molecule has 10 heteroatoms. The van der Waals surface area contributed by atoms with Gasteiger partial charge in [-0.25, -0.2) is 12.8 Å². The van der Waals surface area contributed by atoms with Gasteiger partial charge in [0.2, 0.25) is 10.0 Å². The summed E-state index contributed by atoms with van der Waals surface area (Å²) in [6.07, 6.45) is 0. The van der Waals surface area contributed by atoms with Crippen LogP contribution in [0.25, 0.3) is 0 Å². The predicted molar refractivity (Wildman–Crippen MR) is 92.3 cm³/mol. The van der Waals surface area contributed by atoms with Crippen LogP contribution in [0.1, 0.15) is 5.56 Å². The average Bonchev–Trinajstić information content (AvgIpc) is 2.65. The second-order valence-corrected chi connectivity index (χ2v) is 6.95. The van der Waals surface area contributed by atoms with E-state index in [0.29, 0.717) is 11.3 Å². The maximum Gasteiger partial charge on any atom is 0.321 e. The second-order valence-electron chi connectivity index (χ2n) is 5.18. The molecule has 0 spiro atoms. The number of anilines is 1. The molecule has 0 radical (unpaired) electrons. The van der Waals surface area contributed by atoms with E-state index in [1.54, 1.807) is 18.2 Å². The lowest BCUT2D eigenvalue weighted by atomic mass is 10.2. The lowest BCUT2D eigenvalue weighted by Crippen LogP contribution is -2.32.